The fourth-order valence-corrected chi connectivity index (χ4v) is 2.45. The Bertz CT molecular complexity index is 711. The molecule has 0 aliphatic rings. The van der Waals surface area contributed by atoms with Crippen LogP contribution in [0.3, 0.4) is 0 Å². The van der Waals surface area contributed by atoms with Crippen LogP contribution < -0.4 is 15.4 Å². The van der Waals surface area contributed by atoms with E-state index in [9.17, 15) is 9.59 Å². The number of rotatable bonds is 8. The van der Waals surface area contributed by atoms with Gasteiger partial charge in [-0.25, -0.2) is 0 Å². The van der Waals surface area contributed by atoms with Crippen molar-refractivity contribution in [3.8, 4) is 5.75 Å². The summed E-state index contributed by atoms with van der Waals surface area (Å²) in [5.41, 5.74) is 0.836. The fourth-order valence-electron chi connectivity index (χ4n) is 2.45. The molecule has 1 atom stereocenters. The van der Waals surface area contributed by atoms with Crippen LogP contribution in [0.1, 0.15) is 37.7 Å². The van der Waals surface area contributed by atoms with Crippen LogP contribution in [-0.2, 0) is 22.7 Å². The van der Waals surface area contributed by atoms with Gasteiger partial charge in [-0.1, -0.05) is 12.1 Å². The normalized spacial score (nSPS) is 11.6. The quantitative estimate of drug-likeness (QED) is 0.749. The van der Waals surface area contributed by atoms with Gasteiger partial charge < -0.3 is 19.9 Å². The zero-order chi connectivity index (χ0) is 18.2. The number of aromatic nitrogens is 3. The molecular weight excluding hydrogens is 322 g/mol. The molecule has 0 saturated carbocycles. The first-order valence-electron chi connectivity index (χ1n) is 8.08. The Morgan fingerprint density at radius 2 is 2.00 bits per heavy atom. The molecule has 0 fully saturated rings. The minimum absolute atomic E-state index is 0.131. The van der Waals surface area contributed by atoms with E-state index in [4.69, 9.17) is 4.74 Å². The highest BCUT2D eigenvalue weighted by atomic mass is 16.5. The molecule has 2 aromatic rings. The first kappa shape index (κ1) is 18.4. The highest BCUT2D eigenvalue weighted by Crippen LogP contribution is 2.20. The third-order valence-corrected chi connectivity index (χ3v) is 3.77. The van der Waals surface area contributed by atoms with Gasteiger partial charge in [0.05, 0.1) is 26.1 Å². The standard InChI is InChI=1S/C17H23N5O3/c1-4-22-11-19-21-16(22)10-18-17(24)9-15(20-12(2)23)13-5-7-14(25-3)8-6-13/h5-8,11,15H,4,9-10H2,1-3H3,(H,18,24)(H,20,23)/t15-/m0/s1. The lowest BCUT2D eigenvalue weighted by Crippen LogP contribution is -2.32. The number of nitrogens with zero attached hydrogens (tertiary/aromatic N) is 3. The van der Waals surface area contributed by atoms with E-state index >= 15 is 0 Å². The van der Waals surface area contributed by atoms with Crippen molar-refractivity contribution in [1.82, 2.24) is 25.4 Å². The Kier molecular flexibility index (Phi) is 6.50. The lowest BCUT2D eigenvalue weighted by Gasteiger charge is -2.18. The molecule has 2 amide bonds. The topological polar surface area (TPSA) is 98.1 Å². The Balaban J connectivity index is 2.00. The number of methoxy groups -OCH3 is 1. The summed E-state index contributed by atoms with van der Waals surface area (Å²) in [5.74, 6) is 1.03. The third-order valence-electron chi connectivity index (χ3n) is 3.77. The molecule has 0 radical (unpaired) electrons. The van der Waals surface area contributed by atoms with E-state index in [1.165, 1.54) is 6.92 Å². The van der Waals surface area contributed by atoms with E-state index in [1.54, 1.807) is 25.6 Å². The monoisotopic (exact) mass is 345 g/mol. The van der Waals surface area contributed by atoms with E-state index in [1.807, 2.05) is 23.6 Å². The maximum atomic E-state index is 12.3. The number of benzene rings is 1. The first-order chi connectivity index (χ1) is 12.0. The van der Waals surface area contributed by atoms with E-state index in [-0.39, 0.29) is 18.2 Å². The van der Waals surface area contributed by atoms with Crippen molar-refractivity contribution < 1.29 is 14.3 Å². The van der Waals surface area contributed by atoms with E-state index in [0.29, 0.717) is 18.1 Å². The predicted molar refractivity (Wildman–Crippen MR) is 91.7 cm³/mol. The maximum Gasteiger partial charge on any atom is 0.222 e. The molecule has 0 spiro atoms. The van der Waals surface area contributed by atoms with Crippen LogP contribution in [-0.4, -0.2) is 33.7 Å². The molecule has 1 heterocycles. The number of carbonyl (C=O) groups excluding carboxylic acids is 2. The smallest absolute Gasteiger partial charge is 0.222 e. The molecule has 0 unspecified atom stereocenters. The van der Waals surface area contributed by atoms with E-state index < -0.39 is 6.04 Å². The summed E-state index contributed by atoms with van der Waals surface area (Å²) in [6, 6.07) is 6.85. The molecular formula is C17H23N5O3. The van der Waals surface area contributed by atoms with Crippen molar-refractivity contribution in [2.75, 3.05) is 7.11 Å². The van der Waals surface area contributed by atoms with Crippen molar-refractivity contribution in [3.05, 3.63) is 42.0 Å². The van der Waals surface area contributed by atoms with Crippen molar-refractivity contribution in [2.24, 2.45) is 0 Å². The summed E-state index contributed by atoms with van der Waals surface area (Å²) in [6.45, 7) is 4.43. The number of amides is 2. The number of ether oxygens (including phenoxy) is 1. The van der Waals surface area contributed by atoms with Gasteiger partial charge in [0.15, 0.2) is 5.82 Å². The van der Waals surface area contributed by atoms with Gasteiger partial charge in [-0.3, -0.25) is 9.59 Å². The second-order valence-corrected chi connectivity index (χ2v) is 5.54. The lowest BCUT2D eigenvalue weighted by molar-refractivity contribution is -0.123. The summed E-state index contributed by atoms with van der Waals surface area (Å²) < 4.78 is 6.99. The van der Waals surface area contributed by atoms with Gasteiger partial charge in [0.25, 0.3) is 0 Å². The Hall–Kier alpha value is -2.90. The van der Waals surface area contributed by atoms with Gasteiger partial charge in [0.2, 0.25) is 11.8 Å². The van der Waals surface area contributed by atoms with Crippen LogP contribution in [0.4, 0.5) is 0 Å². The number of hydrogen-bond donors (Lipinski definition) is 2. The molecule has 0 aliphatic heterocycles. The molecule has 0 saturated heterocycles. The zero-order valence-corrected chi connectivity index (χ0v) is 14.7. The minimum atomic E-state index is -0.410. The van der Waals surface area contributed by atoms with Gasteiger partial charge in [-0.15, -0.1) is 10.2 Å². The van der Waals surface area contributed by atoms with Crippen LogP contribution in [0.5, 0.6) is 5.75 Å². The second kappa shape index (κ2) is 8.81. The van der Waals surface area contributed by atoms with Crippen molar-refractivity contribution in [2.45, 2.75) is 39.4 Å². The summed E-state index contributed by atoms with van der Waals surface area (Å²) in [5, 5.41) is 13.4. The summed E-state index contributed by atoms with van der Waals surface area (Å²) in [4.78, 5) is 23.8. The molecule has 134 valence electrons. The maximum absolute atomic E-state index is 12.3. The zero-order valence-electron chi connectivity index (χ0n) is 14.7. The minimum Gasteiger partial charge on any atom is -0.497 e. The fraction of sp³-hybridized carbons (Fsp3) is 0.412. The molecule has 25 heavy (non-hydrogen) atoms. The lowest BCUT2D eigenvalue weighted by atomic mass is 10.0. The van der Waals surface area contributed by atoms with E-state index in [2.05, 4.69) is 20.8 Å². The predicted octanol–water partition coefficient (Wildman–Crippen LogP) is 1.19. The Labute approximate surface area is 146 Å². The summed E-state index contributed by atoms with van der Waals surface area (Å²) in [6.07, 6.45) is 1.76. The Morgan fingerprint density at radius 3 is 2.60 bits per heavy atom. The van der Waals surface area contributed by atoms with Gasteiger partial charge in [-0.2, -0.15) is 0 Å². The van der Waals surface area contributed by atoms with Gasteiger partial charge in [-0.05, 0) is 24.6 Å². The van der Waals surface area contributed by atoms with Gasteiger partial charge in [0.1, 0.15) is 12.1 Å². The van der Waals surface area contributed by atoms with Crippen LogP contribution in [0.25, 0.3) is 0 Å². The number of hydrogen-bond acceptors (Lipinski definition) is 5. The molecule has 8 heteroatoms. The van der Waals surface area contributed by atoms with Gasteiger partial charge >= 0.3 is 0 Å². The molecule has 1 aromatic carbocycles. The second-order valence-electron chi connectivity index (χ2n) is 5.54. The van der Waals surface area contributed by atoms with Crippen molar-refractivity contribution in [1.29, 1.82) is 0 Å². The molecule has 0 bridgehead atoms. The molecule has 2 rings (SSSR count). The van der Waals surface area contributed by atoms with Crippen molar-refractivity contribution in [3.63, 3.8) is 0 Å². The number of aryl methyl sites for hydroxylation is 1. The van der Waals surface area contributed by atoms with Crippen LogP contribution in [0, 0.1) is 0 Å². The Morgan fingerprint density at radius 1 is 1.28 bits per heavy atom. The summed E-state index contributed by atoms with van der Waals surface area (Å²) in [7, 11) is 1.59. The molecule has 1 aromatic heterocycles. The first-order valence-corrected chi connectivity index (χ1v) is 8.08. The van der Waals surface area contributed by atoms with Crippen LogP contribution >= 0.6 is 0 Å². The number of nitrogens with one attached hydrogen (secondary N) is 2. The third kappa shape index (κ3) is 5.30. The largest absolute Gasteiger partial charge is 0.497 e. The summed E-state index contributed by atoms with van der Waals surface area (Å²) >= 11 is 0. The van der Waals surface area contributed by atoms with Crippen LogP contribution in [0.15, 0.2) is 30.6 Å². The average Bonchev–Trinajstić information content (AvgIpc) is 3.06. The highest BCUT2D eigenvalue weighted by molar-refractivity contribution is 5.79. The average molecular weight is 345 g/mol. The van der Waals surface area contributed by atoms with Gasteiger partial charge in [0, 0.05) is 13.5 Å². The number of carbonyl (C=O) groups is 2. The molecule has 2 N–H and O–H groups in total. The highest BCUT2D eigenvalue weighted by Gasteiger charge is 2.17. The SMILES string of the molecule is CCn1cnnc1CNC(=O)C[C@H](NC(C)=O)c1ccc(OC)cc1. The van der Waals surface area contributed by atoms with Crippen LogP contribution in [0.2, 0.25) is 0 Å². The van der Waals surface area contributed by atoms with Crippen molar-refractivity contribution >= 4 is 11.8 Å². The molecule has 0 aliphatic carbocycles. The van der Waals surface area contributed by atoms with E-state index in [0.717, 1.165) is 12.1 Å². The molecule has 8 nitrogen and oxygen atoms in total.